The fourth-order valence-corrected chi connectivity index (χ4v) is 2.89. The molecule has 0 bridgehead atoms. The van der Waals surface area contributed by atoms with E-state index >= 15 is 0 Å². The van der Waals surface area contributed by atoms with E-state index in [4.69, 9.17) is 0 Å². The molecule has 1 aromatic heterocycles. The number of amides is 2. The van der Waals surface area contributed by atoms with E-state index in [0.29, 0.717) is 5.69 Å². The largest absolute Gasteiger partial charge is 0.323 e. The van der Waals surface area contributed by atoms with Crippen LogP contribution in [0.4, 0.5) is 11.4 Å². The van der Waals surface area contributed by atoms with Crippen LogP contribution in [-0.4, -0.2) is 47.9 Å². The number of benzene rings is 1. The minimum Gasteiger partial charge on any atom is -0.323 e. The highest BCUT2D eigenvalue weighted by atomic mass is 16.2. The topological polar surface area (TPSA) is 65.5 Å². The predicted molar refractivity (Wildman–Crippen MR) is 97.5 cm³/mol. The van der Waals surface area contributed by atoms with Gasteiger partial charge in [0.2, 0.25) is 11.8 Å². The van der Waals surface area contributed by atoms with Gasteiger partial charge in [-0.1, -0.05) is 12.1 Å². The molecule has 1 atom stereocenters. The van der Waals surface area contributed by atoms with Crippen molar-refractivity contribution in [3.05, 3.63) is 54.4 Å². The average molecular weight is 338 g/mol. The fraction of sp³-hybridized carbons (Fsp3) is 0.316. The highest BCUT2D eigenvalue weighted by Crippen LogP contribution is 2.29. The van der Waals surface area contributed by atoms with Crippen LogP contribution in [0.25, 0.3) is 0 Å². The van der Waals surface area contributed by atoms with Gasteiger partial charge in [-0.05, 0) is 50.2 Å². The van der Waals surface area contributed by atoms with Crippen molar-refractivity contribution >= 4 is 23.2 Å². The van der Waals surface area contributed by atoms with Crippen molar-refractivity contribution in [2.75, 3.05) is 30.4 Å². The number of likely N-dealkylation sites (N-methyl/N-ethyl adjacent to an activating group) is 1. The first-order chi connectivity index (χ1) is 12.1. The van der Waals surface area contributed by atoms with Gasteiger partial charge in [0.05, 0.1) is 17.4 Å². The molecule has 1 N–H and O–H groups in total. The number of fused-ring (bicyclic) bond motifs is 1. The zero-order valence-electron chi connectivity index (χ0n) is 14.5. The molecule has 0 radical (unpaired) electrons. The molecule has 3 rings (SSSR count). The van der Waals surface area contributed by atoms with Crippen molar-refractivity contribution in [3.8, 4) is 0 Å². The van der Waals surface area contributed by atoms with Crippen molar-refractivity contribution in [3.63, 3.8) is 0 Å². The maximum Gasteiger partial charge on any atom is 0.244 e. The summed E-state index contributed by atoms with van der Waals surface area (Å²) in [6.45, 7) is 2.68. The second-order valence-electron chi connectivity index (χ2n) is 6.25. The van der Waals surface area contributed by atoms with E-state index in [2.05, 4.69) is 10.3 Å². The summed E-state index contributed by atoms with van der Waals surface area (Å²) in [7, 11) is 1.93. The Morgan fingerprint density at radius 2 is 2.00 bits per heavy atom. The van der Waals surface area contributed by atoms with Crippen LogP contribution in [0.15, 0.2) is 48.8 Å². The van der Waals surface area contributed by atoms with E-state index in [1.807, 2.05) is 55.3 Å². The molecule has 25 heavy (non-hydrogen) atoms. The van der Waals surface area contributed by atoms with Crippen molar-refractivity contribution in [1.29, 1.82) is 0 Å². The zero-order chi connectivity index (χ0) is 17.8. The normalized spacial score (nSPS) is 14.8. The minimum atomic E-state index is -0.319. The van der Waals surface area contributed by atoms with E-state index in [0.717, 1.165) is 18.7 Å². The monoisotopic (exact) mass is 338 g/mol. The van der Waals surface area contributed by atoms with Crippen LogP contribution in [-0.2, 0) is 16.0 Å². The summed E-state index contributed by atoms with van der Waals surface area (Å²) in [5, 5.41) is 2.81. The Bertz CT molecular complexity index is 763. The standard InChI is InChI=1S/C19H22N4O2/c1-14(22(2)12-9-15-7-10-20-11-8-15)19(25)23-13-18(24)21-16-5-3-4-6-17(16)23/h3-8,10-11,14H,9,12-13H2,1-2H3,(H,21,24)/t14-/m1/s1. The van der Waals surface area contributed by atoms with Gasteiger partial charge >= 0.3 is 0 Å². The lowest BCUT2D eigenvalue weighted by molar-refractivity contribution is -0.125. The van der Waals surface area contributed by atoms with Crippen molar-refractivity contribution in [2.45, 2.75) is 19.4 Å². The number of nitrogens with zero attached hydrogens (tertiary/aromatic N) is 3. The van der Waals surface area contributed by atoms with E-state index in [9.17, 15) is 9.59 Å². The third kappa shape index (κ3) is 3.85. The van der Waals surface area contributed by atoms with Crippen molar-refractivity contribution < 1.29 is 9.59 Å². The summed E-state index contributed by atoms with van der Waals surface area (Å²) in [4.78, 5) is 32.5. The number of hydrogen-bond acceptors (Lipinski definition) is 4. The number of para-hydroxylation sites is 2. The first-order valence-electron chi connectivity index (χ1n) is 8.35. The molecule has 0 aliphatic carbocycles. The van der Waals surface area contributed by atoms with Gasteiger partial charge in [-0.25, -0.2) is 0 Å². The Labute approximate surface area is 147 Å². The van der Waals surface area contributed by atoms with Gasteiger partial charge < -0.3 is 5.32 Å². The van der Waals surface area contributed by atoms with Gasteiger partial charge in [0.25, 0.3) is 0 Å². The van der Waals surface area contributed by atoms with Gasteiger partial charge in [-0.3, -0.25) is 24.4 Å². The highest BCUT2D eigenvalue weighted by molar-refractivity contribution is 6.11. The lowest BCUT2D eigenvalue weighted by Crippen LogP contribution is -2.50. The molecule has 0 fully saturated rings. The molecule has 2 heterocycles. The van der Waals surface area contributed by atoms with Crippen molar-refractivity contribution in [2.24, 2.45) is 0 Å². The summed E-state index contributed by atoms with van der Waals surface area (Å²) in [6, 6.07) is 11.0. The van der Waals surface area contributed by atoms with Gasteiger partial charge in [0.1, 0.15) is 6.54 Å². The molecular formula is C19H22N4O2. The number of anilines is 2. The third-order valence-electron chi connectivity index (χ3n) is 4.56. The van der Waals surface area contributed by atoms with Crippen LogP contribution < -0.4 is 10.2 Å². The molecule has 130 valence electrons. The number of pyridine rings is 1. The van der Waals surface area contributed by atoms with Gasteiger partial charge in [0.15, 0.2) is 0 Å². The number of hydrogen-bond donors (Lipinski definition) is 1. The summed E-state index contributed by atoms with van der Waals surface area (Å²) >= 11 is 0. The molecule has 0 saturated heterocycles. The molecule has 6 nitrogen and oxygen atoms in total. The Morgan fingerprint density at radius 1 is 1.28 bits per heavy atom. The van der Waals surface area contributed by atoms with E-state index in [1.54, 1.807) is 17.3 Å². The summed E-state index contributed by atoms with van der Waals surface area (Å²) in [5.74, 6) is -0.238. The highest BCUT2D eigenvalue weighted by Gasteiger charge is 2.30. The van der Waals surface area contributed by atoms with Crippen LogP contribution >= 0.6 is 0 Å². The molecule has 2 aromatic rings. The molecule has 0 saturated carbocycles. The third-order valence-corrected chi connectivity index (χ3v) is 4.56. The number of carbonyl (C=O) groups excluding carboxylic acids is 2. The summed E-state index contributed by atoms with van der Waals surface area (Å²) in [6.07, 6.45) is 4.38. The Morgan fingerprint density at radius 3 is 2.76 bits per heavy atom. The first-order valence-corrected chi connectivity index (χ1v) is 8.35. The minimum absolute atomic E-state index is 0.0539. The Balaban J connectivity index is 1.68. The first kappa shape index (κ1) is 17.1. The number of aromatic nitrogens is 1. The molecule has 1 aliphatic rings. The summed E-state index contributed by atoms with van der Waals surface area (Å²) in [5.41, 5.74) is 2.62. The van der Waals surface area contributed by atoms with Gasteiger partial charge in [0, 0.05) is 18.9 Å². The van der Waals surface area contributed by atoms with Gasteiger partial charge in [-0.2, -0.15) is 0 Å². The molecule has 2 amide bonds. The number of carbonyl (C=O) groups is 2. The molecule has 1 aliphatic heterocycles. The lowest BCUT2D eigenvalue weighted by Gasteiger charge is -2.33. The number of rotatable bonds is 5. The van der Waals surface area contributed by atoms with Gasteiger partial charge in [-0.15, -0.1) is 0 Å². The number of nitrogens with one attached hydrogen (secondary N) is 1. The van der Waals surface area contributed by atoms with E-state index < -0.39 is 0 Å². The van der Waals surface area contributed by atoms with Crippen LogP contribution in [0.1, 0.15) is 12.5 Å². The SMILES string of the molecule is C[C@H](C(=O)N1CC(=O)Nc2ccccc21)N(C)CCc1ccncc1. The second-order valence-corrected chi connectivity index (χ2v) is 6.25. The van der Waals surface area contributed by atoms with E-state index in [-0.39, 0.29) is 24.4 Å². The predicted octanol–water partition coefficient (Wildman–Crippen LogP) is 1.93. The molecular weight excluding hydrogens is 316 g/mol. The maximum absolute atomic E-state index is 13.0. The molecule has 0 spiro atoms. The zero-order valence-corrected chi connectivity index (χ0v) is 14.5. The fourth-order valence-electron chi connectivity index (χ4n) is 2.89. The quantitative estimate of drug-likeness (QED) is 0.905. The second kappa shape index (κ2) is 7.44. The lowest BCUT2D eigenvalue weighted by atomic mass is 10.1. The smallest absolute Gasteiger partial charge is 0.244 e. The Kier molecular flexibility index (Phi) is 5.09. The molecule has 1 aromatic carbocycles. The van der Waals surface area contributed by atoms with Crippen molar-refractivity contribution in [1.82, 2.24) is 9.88 Å². The Hall–Kier alpha value is -2.73. The summed E-state index contributed by atoms with van der Waals surface area (Å²) < 4.78 is 0. The van der Waals surface area contributed by atoms with Crippen LogP contribution in [0, 0.1) is 0 Å². The molecule has 0 unspecified atom stereocenters. The van der Waals surface area contributed by atoms with Crippen LogP contribution in [0.2, 0.25) is 0 Å². The maximum atomic E-state index is 13.0. The van der Waals surface area contributed by atoms with E-state index in [1.165, 1.54) is 5.56 Å². The van der Waals surface area contributed by atoms with Crippen LogP contribution in [0.5, 0.6) is 0 Å². The average Bonchev–Trinajstić information content (AvgIpc) is 2.65. The van der Waals surface area contributed by atoms with Crippen LogP contribution in [0.3, 0.4) is 0 Å². The molecule has 6 heteroatoms.